The lowest BCUT2D eigenvalue weighted by atomic mass is 9.87. The zero-order chi connectivity index (χ0) is 14.7. The Bertz CT molecular complexity index is 270. The van der Waals surface area contributed by atoms with Crippen LogP contribution in [0.2, 0.25) is 0 Å². The van der Waals surface area contributed by atoms with Crippen molar-refractivity contribution < 1.29 is 19.8 Å². The van der Waals surface area contributed by atoms with Gasteiger partial charge < -0.3 is 10.2 Å². The van der Waals surface area contributed by atoms with Crippen molar-refractivity contribution in [2.24, 2.45) is 11.8 Å². The lowest BCUT2D eigenvalue weighted by Crippen LogP contribution is -2.13. The average molecular weight is 345 g/mol. The highest BCUT2D eigenvalue weighted by Crippen LogP contribution is 2.22. The van der Waals surface area contributed by atoms with E-state index in [9.17, 15) is 9.59 Å². The van der Waals surface area contributed by atoms with Gasteiger partial charge in [0, 0.05) is 12.8 Å². The lowest BCUT2D eigenvalue weighted by Gasteiger charge is -2.18. The highest BCUT2D eigenvalue weighted by molar-refractivity contribution is 5.85. The Morgan fingerprint density at radius 1 is 0.810 bits per heavy atom. The molecule has 6 heteroatoms. The highest BCUT2D eigenvalue weighted by Gasteiger charge is 2.16. The minimum atomic E-state index is -0.714. The summed E-state index contributed by atoms with van der Waals surface area (Å²) in [6.07, 6.45) is 7.68. The second-order valence-electron chi connectivity index (χ2n) is 5.66. The van der Waals surface area contributed by atoms with Gasteiger partial charge in [-0.2, -0.15) is 0 Å². The van der Waals surface area contributed by atoms with E-state index in [2.05, 4.69) is 13.8 Å². The monoisotopic (exact) mass is 344 g/mol. The molecule has 1 atom stereocenters. The third-order valence-corrected chi connectivity index (χ3v) is 3.60. The normalized spacial score (nSPS) is 11.4. The molecule has 2 N–H and O–H groups in total. The standard InChI is InChI=1S/C15H28O4.2ClH/c1-12(2)13(11-15(18)19)9-7-5-3-4-6-8-10-14(16)17;;/h12-13H,3-11H2,1-2H3,(H,16,17)(H,18,19);2*1H. The van der Waals surface area contributed by atoms with Gasteiger partial charge in [0.25, 0.3) is 0 Å². The van der Waals surface area contributed by atoms with Crippen LogP contribution in [0, 0.1) is 11.8 Å². The zero-order valence-electron chi connectivity index (χ0n) is 13.0. The van der Waals surface area contributed by atoms with Crippen LogP contribution in [0.15, 0.2) is 0 Å². The summed E-state index contributed by atoms with van der Waals surface area (Å²) in [5, 5.41) is 17.3. The van der Waals surface area contributed by atoms with Gasteiger partial charge in [0.15, 0.2) is 0 Å². The molecule has 21 heavy (non-hydrogen) atoms. The molecular weight excluding hydrogens is 315 g/mol. The van der Waals surface area contributed by atoms with Crippen LogP contribution in [0.5, 0.6) is 0 Å². The van der Waals surface area contributed by atoms with Crippen molar-refractivity contribution in [1.82, 2.24) is 0 Å². The van der Waals surface area contributed by atoms with Crippen LogP contribution in [0.3, 0.4) is 0 Å². The van der Waals surface area contributed by atoms with Gasteiger partial charge in [-0.1, -0.05) is 46.0 Å². The minimum absolute atomic E-state index is 0. The summed E-state index contributed by atoms with van der Waals surface area (Å²) in [6.45, 7) is 4.17. The average Bonchev–Trinajstić information content (AvgIpc) is 2.29. The Morgan fingerprint density at radius 2 is 1.29 bits per heavy atom. The molecule has 0 heterocycles. The topological polar surface area (TPSA) is 74.6 Å². The predicted octanol–water partition coefficient (Wildman–Crippen LogP) is 4.78. The second-order valence-corrected chi connectivity index (χ2v) is 5.66. The molecule has 0 saturated heterocycles. The van der Waals surface area contributed by atoms with Gasteiger partial charge in [0.2, 0.25) is 0 Å². The van der Waals surface area contributed by atoms with Gasteiger partial charge in [0.1, 0.15) is 0 Å². The van der Waals surface area contributed by atoms with Crippen molar-refractivity contribution in [2.75, 3.05) is 0 Å². The van der Waals surface area contributed by atoms with Crippen molar-refractivity contribution in [3.8, 4) is 0 Å². The smallest absolute Gasteiger partial charge is 0.303 e. The second kappa shape index (κ2) is 15.9. The molecule has 0 radical (unpaired) electrons. The number of carboxylic acids is 2. The summed E-state index contributed by atoms with van der Waals surface area (Å²) in [5.74, 6) is -0.711. The van der Waals surface area contributed by atoms with Gasteiger partial charge >= 0.3 is 11.9 Å². The molecule has 0 aliphatic carbocycles. The predicted molar refractivity (Wildman–Crippen MR) is 89.6 cm³/mol. The number of hydrogen-bond donors (Lipinski definition) is 2. The Morgan fingerprint density at radius 3 is 1.71 bits per heavy atom. The van der Waals surface area contributed by atoms with Crippen molar-refractivity contribution in [3.05, 3.63) is 0 Å². The number of unbranched alkanes of at least 4 members (excludes halogenated alkanes) is 5. The number of carbonyl (C=O) groups is 2. The van der Waals surface area contributed by atoms with E-state index in [4.69, 9.17) is 10.2 Å². The molecule has 0 aliphatic rings. The van der Waals surface area contributed by atoms with Crippen LogP contribution in [0.25, 0.3) is 0 Å². The van der Waals surface area contributed by atoms with Crippen molar-refractivity contribution in [1.29, 1.82) is 0 Å². The molecular formula is C15H30Cl2O4. The van der Waals surface area contributed by atoms with Crippen molar-refractivity contribution in [3.63, 3.8) is 0 Å². The van der Waals surface area contributed by atoms with Gasteiger partial charge in [-0.05, 0) is 24.7 Å². The Kier molecular flexibility index (Phi) is 19.3. The van der Waals surface area contributed by atoms with E-state index in [1.54, 1.807) is 0 Å². The van der Waals surface area contributed by atoms with Crippen LogP contribution in [-0.4, -0.2) is 22.2 Å². The molecule has 0 aromatic rings. The minimum Gasteiger partial charge on any atom is -0.481 e. The van der Waals surface area contributed by atoms with Gasteiger partial charge in [-0.15, -0.1) is 24.8 Å². The highest BCUT2D eigenvalue weighted by atomic mass is 35.5. The lowest BCUT2D eigenvalue weighted by molar-refractivity contribution is -0.139. The van der Waals surface area contributed by atoms with Crippen LogP contribution < -0.4 is 0 Å². The maximum Gasteiger partial charge on any atom is 0.303 e. The summed E-state index contributed by atoms with van der Waals surface area (Å²) in [6, 6.07) is 0. The number of halogens is 2. The fourth-order valence-corrected chi connectivity index (χ4v) is 2.29. The van der Waals surface area contributed by atoms with E-state index in [1.807, 2.05) is 0 Å². The van der Waals surface area contributed by atoms with Crippen LogP contribution in [0.4, 0.5) is 0 Å². The summed E-state index contributed by atoms with van der Waals surface area (Å²) < 4.78 is 0. The SMILES string of the molecule is CC(C)C(CCCCCCCCC(=O)O)CC(=O)O.Cl.Cl. The van der Waals surface area contributed by atoms with Crippen molar-refractivity contribution >= 4 is 36.8 Å². The molecule has 0 rings (SSSR count). The summed E-state index contributed by atoms with van der Waals surface area (Å²) >= 11 is 0. The molecule has 0 fully saturated rings. The molecule has 4 nitrogen and oxygen atoms in total. The quantitative estimate of drug-likeness (QED) is 0.499. The van der Waals surface area contributed by atoms with Gasteiger partial charge in [-0.3, -0.25) is 9.59 Å². The van der Waals surface area contributed by atoms with Crippen molar-refractivity contribution in [2.45, 2.75) is 71.6 Å². The molecule has 0 aliphatic heterocycles. The first-order valence-electron chi connectivity index (χ1n) is 7.37. The maximum atomic E-state index is 10.7. The van der Waals surface area contributed by atoms with E-state index < -0.39 is 11.9 Å². The molecule has 0 spiro atoms. The molecule has 0 bridgehead atoms. The van der Waals surface area contributed by atoms with Crippen LogP contribution in [-0.2, 0) is 9.59 Å². The summed E-state index contributed by atoms with van der Waals surface area (Å²) in [7, 11) is 0. The van der Waals surface area contributed by atoms with Crippen LogP contribution in [0.1, 0.15) is 71.6 Å². The van der Waals surface area contributed by atoms with Gasteiger partial charge in [-0.25, -0.2) is 0 Å². The Labute approximate surface area is 140 Å². The summed E-state index contributed by atoms with van der Waals surface area (Å²) in [5.41, 5.74) is 0. The fourth-order valence-electron chi connectivity index (χ4n) is 2.29. The number of rotatable bonds is 12. The first-order valence-corrected chi connectivity index (χ1v) is 7.37. The van der Waals surface area contributed by atoms with E-state index in [-0.39, 0.29) is 43.6 Å². The zero-order valence-corrected chi connectivity index (χ0v) is 14.7. The van der Waals surface area contributed by atoms with E-state index in [0.717, 1.165) is 44.9 Å². The molecule has 0 amide bonds. The van der Waals surface area contributed by atoms with E-state index in [1.165, 1.54) is 0 Å². The molecule has 128 valence electrons. The third kappa shape index (κ3) is 17.5. The first-order chi connectivity index (χ1) is 8.93. The molecule has 0 aromatic carbocycles. The molecule has 0 aromatic heterocycles. The maximum absolute atomic E-state index is 10.7. The van der Waals surface area contributed by atoms with Gasteiger partial charge in [0.05, 0.1) is 0 Å². The number of hydrogen-bond acceptors (Lipinski definition) is 2. The summed E-state index contributed by atoms with van der Waals surface area (Å²) in [4.78, 5) is 21.0. The largest absolute Gasteiger partial charge is 0.481 e. The van der Waals surface area contributed by atoms with E-state index in [0.29, 0.717) is 5.92 Å². The molecule has 0 saturated carbocycles. The number of aliphatic carboxylic acids is 2. The first kappa shape index (κ1) is 25.5. The Hall–Kier alpha value is -0.480. The Balaban J connectivity index is -0.00000162. The number of carboxylic acid groups (broad SMARTS) is 2. The fraction of sp³-hybridized carbons (Fsp3) is 0.867. The molecule has 1 unspecified atom stereocenters. The van der Waals surface area contributed by atoms with E-state index >= 15 is 0 Å². The third-order valence-electron chi connectivity index (χ3n) is 3.60. The van der Waals surface area contributed by atoms with Crippen LogP contribution >= 0.6 is 24.8 Å².